The molecule has 0 fully saturated rings. The minimum atomic E-state index is -0.481. The second-order valence-corrected chi connectivity index (χ2v) is 7.18. The van der Waals surface area contributed by atoms with Crippen molar-refractivity contribution in [3.05, 3.63) is 30.3 Å². The largest absolute Gasteiger partial charge is 0.444 e. The Hall–Kier alpha value is -1.89. The average Bonchev–Trinajstić information content (AvgIpc) is 2.52. The monoisotopic (exact) mass is 352 g/mol. The summed E-state index contributed by atoms with van der Waals surface area (Å²) in [7, 11) is 1.72. The molecular formula is C17H28N4O2S. The minimum Gasteiger partial charge on any atom is -0.444 e. The topological polar surface area (TPSA) is 74.8 Å². The van der Waals surface area contributed by atoms with Crippen LogP contribution in [0.3, 0.4) is 0 Å². The first-order valence-electron chi connectivity index (χ1n) is 8.00. The lowest BCUT2D eigenvalue weighted by molar-refractivity contribution is 0.0529. The van der Waals surface area contributed by atoms with E-state index in [4.69, 9.17) is 4.74 Å². The number of benzene rings is 1. The van der Waals surface area contributed by atoms with Gasteiger partial charge >= 0.3 is 6.09 Å². The maximum atomic E-state index is 11.5. The normalized spacial score (nSPS) is 11.8. The van der Waals surface area contributed by atoms with Crippen LogP contribution in [0.15, 0.2) is 40.2 Å². The zero-order valence-electron chi connectivity index (χ0n) is 14.9. The maximum absolute atomic E-state index is 11.5. The molecule has 3 N–H and O–H groups in total. The number of alkyl carbamates (subject to hydrolysis) is 1. The first-order chi connectivity index (χ1) is 11.4. The number of ether oxygens (including phenoxy) is 1. The minimum absolute atomic E-state index is 0.411. The van der Waals surface area contributed by atoms with Gasteiger partial charge in [0.05, 0.1) is 0 Å². The van der Waals surface area contributed by atoms with Crippen molar-refractivity contribution in [2.75, 3.05) is 32.4 Å². The van der Waals surface area contributed by atoms with Crippen LogP contribution in [0.25, 0.3) is 0 Å². The van der Waals surface area contributed by atoms with Gasteiger partial charge in [0.1, 0.15) is 5.60 Å². The first-order valence-corrected chi connectivity index (χ1v) is 8.98. The highest BCUT2D eigenvalue weighted by Crippen LogP contribution is 2.15. The van der Waals surface area contributed by atoms with Crippen LogP contribution in [-0.2, 0) is 4.74 Å². The lowest BCUT2D eigenvalue weighted by Crippen LogP contribution is -2.43. The number of hydrogen-bond acceptors (Lipinski definition) is 4. The van der Waals surface area contributed by atoms with Crippen molar-refractivity contribution in [2.24, 2.45) is 4.99 Å². The number of amides is 1. The summed E-state index contributed by atoms with van der Waals surface area (Å²) in [5.41, 5.74) is -0.481. The number of nitrogens with one attached hydrogen (secondary N) is 3. The zero-order chi connectivity index (χ0) is 17.8. The quantitative estimate of drug-likeness (QED) is 0.304. The Morgan fingerprint density at radius 1 is 1.08 bits per heavy atom. The van der Waals surface area contributed by atoms with Crippen LogP contribution in [0, 0.1) is 0 Å². The Bertz CT molecular complexity index is 515. The molecule has 0 spiro atoms. The van der Waals surface area contributed by atoms with Gasteiger partial charge in [-0.15, -0.1) is 11.8 Å². The summed E-state index contributed by atoms with van der Waals surface area (Å²) >= 11 is 1.79. The molecule has 0 aliphatic rings. The Balaban J connectivity index is 2.11. The number of rotatable bonds is 7. The third-order valence-corrected chi connectivity index (χ3v) is 3.73. The summed E-state index contributed by atoms with van der Waals surface area (Å²) in [5.74, 6) is 1.66. The fourth-order valence-electron chi connectivity index (χ4n) is 1.74. The van der Waals surface area contributed by atoms with Gasteiger partial charge in [-0.25, -0.2) is 4.79 Å². The summed E-state index contributed by atoms with van der Waals surface area (Å²) in [6.07, 6.45) is -0.411. The highest BCUT2D eigenvalue weighted by Gasteiger charge is 2.15. The van der Waals surface area contributed by atoms with Crippen molar-refractivity contribution in [1.29, 1.82) is 0 Å². The van der Waals surface area contributed by atoms with Crippen LogP contribution in [0.4, 0.5) is 4.79 Å². The summed E-state index contributed by atoms with van der Waals surface area (Å²) < 4.78 is 5.17. The van der Waals surface area contributed by atoms with E-state index < -0.39 is 11.7 Å². The van der Waals surface area contributed by atoms with Crippen molar-refractivity contribution in [3.63, 3.8) is 0 Å². The second kappa shape index (κ2) is 10.8. The fourth-order valence-corrected chi connectivity index (χ4v) is 2.52. The lowest BCUT2D eigenvalue weighted by atomic mass is 10.2. The van der Waals surface area contributed by atoms with Crippen molar-refractivity contribution in [3.8, 4) is 0 Å². The maximum Gasteiger partial charge on any atom is 0.407 e. The second-order valence-electron chi connectivity index (χ2n) is 6.02. The first kappa shape index (κ1) is 20.2. The summed E-state index contributed by atoms with van der Waals surface area (Å²) in [6, 6.07) is 10.3. The Labute approximate surface area is 148 Å². The molecule has 0 saturated heterocycles. The van der Waals surface area contributed by atoms with Crippen molar-refractivity contribution >= 4 is 23.8 Å². The Kier molecular flexibility index (Phi) is 9.07. The van der Waals surface area contributed by atoms with Crippen LogP contribution in [0.2, 0.25) is 0 Å². The summed E-state index contributed by atoms with van der Waals surface area (Å²) in [5, 5.41) is 9.08. The van der Waals surface area contributed by atoms with Gasteiger partial charge in [0, 0.05) is 37.3 Å². The molecule has 0 saturated carbocycles. The van der Waals surface area contributed by atoms with E-state index in [0.29, 0.717) is 13.1 Å². The van der Waals surface area contributed by atoms with Crippen molar-refractivity contribution in [2.45, 2.75) is 31.3 Å². The van der Waals surface area contributed by atoms with Gasteiger partial charge < -0.3 is 20.7 Å². The zero-order valence-corrected chi connectivity index (χ0v) is 15.7. The van der Waals surface area contributed by atoms with Gasteiger partial charge in [-0.05, 0) is 32.9 Å². The predicted octanol–water partition coefficient (Wildman–Crippen LogP) is 2.47. The molecule has 134 valence electrons. The van der Waals surface area contributed by atoms with Gasteiger partial charge in [0.15, 0.2) is 5.96 Å². The predicted molar refractivity (Wildman–Crippen MR) is 101 cm³/mol. The molecule has 0 radical (unpaired) electrons. The van der Waals surface area contributed by atoms with Crippen molar-refractivity contribution in [1.82, 2.24) is 16.0 Å². The lowest BCUT2D eigenvalue weighted by Gasteiger charge is -2.19. The molecule has 1 amide bonds. The smallest absolute Gasteiger partial charge is 0.407 e. The molecule has 0 heterocycles. The van der Waals surface area contributed by atoms with E-state index in [-0.39, 0.29) is 0 Å². The van der Waals surface area contributed by atoms with E-state index in [1.807, 2.05) is 39.0 Å². The number of carbonyl (C=O) groups excluding carboxylic acids is 1. The van der Waals surface area contributed by atoms with Crippen LogP contribution in [0.5, 0.6) is 0 Å². The number of carbonyl (C=O) groups is 1. The van der Waals surface area contributed by atoms with E-state index >= 15 is 0 Å². The van der Waals surface area contributed by atoms with Crippen LogP contribution in [0.1, 0.15) is 20.8 Å². The van der Waals surface area contributed by atoms with Gasteiger partial charge in [0.25, 0.3) is 0 Å². The van der Waals surface area contributed by atoms with Gasteiger partial charge in [-0.2, -0.15) is 0 Å². The highest BCUT2D eigenvalue weighted by molar-refractivity contribution is 7.99. The molecule has 0 unspecified atom stereocenters. The number of thioether (sulfide) groups is 1. The molecule has 0 atom stereocenters. The number of guanidine groups is 1. The van der Waals surface area contributed by atoms with Gasteiger partial charge in [-0.1, -0.05) is 18.2 Å². The molecule has 1 aromatic carbocycles. The van der Waals surface area contributed by atoms with E-state index in [9.17, 15) is 4.79 Å². The number of nitrogens with zero attached hydrogens (tertiary/aromatic N) is 1. The van der Waals surface area contributed by atoms with Crippen molar-refractivity contribution < 1.29 is 9.53 Å². The highest BCUT2D eigenvalue weighted by atomic mass is 32.2. The van der Waals surface area contributed by atoms with Crippen LogP contribution < -0.4 is 16.0 Å². The summed E-state index contributed by atoms with van der Waals surface area (Å²) in [4.78, 5) is 16.9. The Morgan fingerprint density at radius 2 is 1.71 bits per heavy atom. The molecule has 7 heteroatoms. The number of aliphatic imine (C=N–C) groups is 1. The van der Waals surface area contributed by atoms with E-state index in [2.05, 4.69) is 33.1 Å². The average molecular weight is 353 g/mol. The fraction of sp³-hybridized carbons (Fsp3) is 0.529. The third kappa shape index (κ3) is 9.99. The Morgan fingerprint density at radius 3 is 2.33 bits per heavy atom. The molecule has 0 aliphatic carbocycles. The standard InChI is InChI=1S/C17H28N4O2S/c1-17(2,3)23-16(22)21-11-10-19-15(18-4)20-12-13-24-14-8-6-5-7-9-14/h5-9H,10-13H2,1-4H3,(H,21,22)(H2,18,19,20). The molecule has 0 aromatic heterocycles. The third-order valence-electron chi connectivity index (χ3n) is 2.72. The van der Waals surface area contributed by atoms with E-state index in [0.717, 1.165) is 18.3 Å². The summed E-state index contributed by atoms with van der Waals surface area (Å²) in [6.45, 7) is 7.36. The SMILES string of the molecule is CN=C(NCCNC(=O)OC(C)(C)C)NCCSc1ccccc1. The van der Waals surface area contributed by atoms with Gasteiger partial charge in [-0.3, -0.25) is 4.99 Å². The molecule has 24 heavy (non-hydrogen) atoms. The molecule has 1 aromatic rings. The van der Waals surface area contributed by atoms with E-state index in [1.165, 1.54) is 4.90 Å². The van der Waals surface area contributed by atoms with Gasteiger partial charge in [0.2, 0.25) is 0 Å². The molecular weight excluding hydrogens is 324 g/mol. The number of hydrogen-bond donors (Lipinski definition) is 3. The molecule has 6 nitrogen and oxygen atoms in total. The molecule has 1 rings (SSSR count). The molecule has 0 bridgehead atoms. The molecule has 0 aliphatic heterocycles. The van der Waals surface area contributed by atoms with Crippen LogP contribution >= 0.6 is 11.8 Å². The van der Waals surface area contributed by atoms with Crippen LogP contribution in [-0.4, -0.2) is 50.1 Å². The van der Waals surface area contributed by atoms with E-state index in [1.54, 1.807) is 18.8 Å².